The van der Waals surface area contributed by atoms with Gasteiger partial charge in [-0.15, -0.1) is 0 Å². The van der Waals surface area contributed by atoms with Crippen LogP contribution in [0.5, 0.6) is 0 Å². The molecule has 1 aromatic rings. The first kappa shape index (κ1) is 12.4. The number of fused-ring (bicyclic) bond motifs is 1. The van der Waals surface area contributed by atoms with Crippen LogP contribution < -0.4 is 5.32 Å². The predicted molar refractivity (Wildman–Crippen MR) is 72.4 cm³/mol. The Morgan fingerprint density at radius 3 is 2.84 bits per heavy atom. The largest absolute Gasteiger partial charge is 0.379 e. The van der Waals surface area contributed by atoms with E-state index in [0.717, 1.165) is 17.7 Å². The first-order valence-electron chi connectivity index (χ1n) is 6.69. The van der Waals surface area contributed by atoms with Gasteiger partial charge in [-0.25, -0.2) is 0 Å². The summed E-state index contributed by atoms with van der Waals surface area (Å²) < 4.78 is 5.29. The summed E-state index contributed by atoms with van der Waals surface area (Å²) in [6.45, 7) is 6.82. The van der Waals surface area contributed by atoms with Crippen molar-refractivity contribution in [2.45, 2.75) is 25.8 Å². The maximum Gasteiger partial charge on any atom is 0.257 e. The second-order valence-corrected chi connectivity index (χ2v) is 5.81. The van der Waals surface area contributed by atoms with Crippen molar-refractivity contribution in [3.8, 4) is 0 Å². The van der Waals surface area contributed by atoms with Gasteiger partial charge in [-0.2, -0.15) is 0 Å². The molecule has 5 nitrogen and oxygen atoms in total. The standard InChI is InChI=1S/C14H19N3O2/c1-14(2)7-10-8-15-9-11(12(10)16-14)13(18)17-3-5-19-6-4-17/h8-9,16H,3-7H2,1-2H3. The third kappa shape index (κ3) is 2.30. The maximum absolute atomic E-state index is 12.6. The van der Waals surface area contributed by atoms with Gasteiger partial charge < -0.3 is 15.0 Å². The number of nitrogens with one attached hydrogen (secondary N) is 1. The van der Waals surface area contributed by atoms with Gasteiger partial charge in [0.1, 0.15) is 0 Å². The van der Waals surface area contributed by atoms with E-state index in [2.05, 4.69) is 24.1 Å². The fraction of sp³-hybridized carbons (Fsp3) is 0.571. The molecule has 0 saturated carbocycles. The lowest BCUT2D eigenvalue weighted by molar-refractivity contribution is 0.0303. The highest BCUT2D eigenvalue weighted by Crippen LogP contribution is 2.34. The van der Waals surface area contributed by atoms with Crippen molar-refractivity contribution in [3.63, 3.8) is 0 Å². The number of aromatic nitrogens is 1. The number of pyridine rings is 1. The van der Waals surface area contributed by atoms with Crippen molar-refractivity contribution in [1.82, 2.24) is 9.88 Å². The fourth-order valence-electron chi connectivity index (χ4n) is 2.74. The molecule has 1 aromatic heterocycles. The third-order valence-corrected chi connectivity index (χ3v) is 3.65. The molecule has 0 aliphatic carbocycles. The normalized spacial score (nSPS) is 20.8. The number of hydrogen-bond acceptors (Lipinski definition) is 4. The van der Waals surface area contributed by atoms with E-state index in [1.807, 2.05) is 11.1 Å². The lowest BCUT2D eigenvalue weighted by Gasteiger charge is -2.27. The van der Waals surface area contributed by atoms with Crippen LogP contribution in [-0.2, 0) is 11.2 Å². The molecule has 19 heavy (non-hydrogen) atoms. The zero-order valence-electron chi connectivity index (χ0n) is 11.4. The van der Waals surface area contributed by atoms with Crippen LogP contribution in [0, 0.1) is 0 Å². The molecule has 0 bridgehead atoms. The van der Waals surface area contributed by atoms with E-state index in [1.165, 1.54) is 0 Å². The topological polar surface area (TPSA) is 54.5 Å². The molecule has 2 aliphatic rings. The Labute approximate surface area is 113 Å². The van der Waals surface area contributed by atoms with Crippen LogP contribution in [0.25, 0.3) is 0 Å². The second kappa shape index (κ2) is 4.49. The number of nitrogens with zero attached hydrogens (tertiary/aromatic N) is 2. The Bertz CT molecular complexity index is 507. The van der Waals surface area contributed by atoms with Crippen LogP contribution in [0.2, 0.25) is 0 Å². The van der Waals surface area contributed by atoms with Crippen molar-refractivity contribution < 1.29 is 9.53 Å². The number of carbonyl (C=O) groups excluding carboxylic acids is 1. The van der Waals surface area contributed by atoms with E-state index in [1.54, 1.807) is 6.20 Å². The molecule has 1 fully saturated rings. The molecule has 0 unspecified atom stereocenters. The Morgan fingerprint density at radius 2 is 2.11 bits per heavy atom. The summed E-state index contributed by atoms with van der Waals surface area (Å²) in [7, 11) is 0. The molecule has 0 aromatic carbocycles. The van der Waals surface area contributed by atoms with Gasteiger partial charge >= 0.3 is 0 Å². The summed E-state index contributed by atoms with van der Waals surface area (Å²) in [6, 6.07) is 0. The highest BCUT2D eigenvalue weighted by Gasteiger charge is 2.32. The SMILES string of the molecule is CC1(C)Cc2cncc(C(=O)N3CCOCC3)c2N1. The van der Waals surface area contributed by atoms with E-state index in [0.29, 0.717) is 31.9 Å². The van der Waals surface area contributed by atoms with Crippen LogP contribution in [0.3, 0.4) is 0 Å². The van der Waals surface area contributed by atoms with Crippen molar-refractivity contribution in [2.24, 2.45) is 0 Å². The van der Waals surface area contributed by atoms with Gasteiger partial charge in [0, 0.05) is 31.0 Å². The number of amides is 1. The minimum absolute atomic E-state index is 0.00853. The molecule has 0 spiro atoms. The Hall–Kier alpha value is -1.62. The number of ether oxygens (including phenoxy) is 1. The number of carbonyl (C=O) groups is 1. The quantitative estimate of drug-likeness (QED) is 0.828. The average Bonchev–Trinajstić information content (AvgIpc) is 2.72. The van der Waals surface area contributed by atoms with E-state index in [4.69, 9.17) is 4.74 Å². The average molecular weight is 261 g/mol. The van der Waals surface area contributed by atoms with E-state index in [9.17, 15) is 4.79 Å². The highest BCUT2D eigenvalue weighted by atomic mass is 16.5. The molecule has 102 valence electrons. The summed E-state index contributed by atoms with van der Waals surface area (Å²) in [6.07, 6.45) is 4.43. The molecular weight excluding hydrogens is 242 g/mol. The minimum Gasteiger partial charge on any atom is -0.379 e. The van der Waals surface area contributed by atoms with Crippen LogP contribution in [0.4, 0.5) is 5.69 Å². The summed E-state index contributed by atoms with van der Waals surface area (Å²) in [5.41, 5.74) is 2.76. The Morgan fingerprint density at radius 1 is 1.37 bits per heavy atom. The first-order valence-corrected chi connectivity index (χ1v) is 6.69. The maximum atomic E-state index is 12.6. The monoisotopic (exact) mass is 261 g/mol. The second-order valence-electron chi connectivity index (χ2n) is 5.81. The van der Waals surface area contributed by atoms with Crippen LogP contribution in [-0.4, -0.2) is 47.6 Å². The lowest BCUT2D eigenvalue weighted by atomic mass is 10.0. The summed E-state index contributed by atoms with van der Waals surface area (Å²) in [4.78, 5) is 18.6. The molecule has 1 amide bonds. The smallest absolute Gasteiger partial charge is 0.257 e. The van der Waals surface area contributed by atoms with Gasteiger partial charge in [0.05, 0.1) is 24.5 Å². The van der Waals surface area contributed by atoms with Gasteiger partial charge in [-0.3, -0.25) is 9.78 Å². The molecule has 3 heterocycles. The predicted octanol–water partition coefficient (Wildman–Crippen LogP) is 1.30. The number of hydrogen-bond donors (Lipinski definition) is 1. The van der Waals surface area contributed by atoms with E-state index >= 15 is 0 Å². The fourth-order valence-corrected chi connectivity index (χ4v) is 2.74. The minimum atomic E-state index is -0.00853. The number of anilines is 1. The molecule has 2 aliphatic heterocycles. The Balaban J connectivity index is 1.90. The van der Waals surface area contributed by atoms with Crippen molar-refractivity contribution in [1.29, 1.82) is 0 Å². The van der Waals surface area contributed by atoms with E-state index in [-0.39, 0.29) is 11.4 Å². The van der Waals surface area contributed by atoms with Gasteiger partial charge in [-0.05, 0) is 25.8 Å². The van der Waals surface area contributed by atoms with Gasteiger partial charge in [0.15, 0.2) is 0 Å². The van der Waals surface area contributed by atoms with Crippen molar-refractivity contribution in [2.75, 3.05) is 31.6 Å². The van der Waals surface area contributed by atoms with Crippen molar-refractivity contribution in [3.05, 3.63) is 23.5 Å². The number of rotatable bonds is 1. The summed E-state index contributed by atoms with van der Waals surface area (Å²) in [5, 5.41) is 3.44. The van der Waals surface area contributed by atoms with Gasteiger partial charge in [0.25, 0.3) is 5.91 Å². The van der Waals surface area contributed by atoms with Crippen LogP contribution in [0.15, 0.2) is 12.4 Å². The van der Waals surface area contributed by atoms with Crippen LogP contribution in [0.1, 0.15) is 29.8 Å². The number of morpholine rings is 1. The Kier molecular flexibility index (Phi) is 2.93. The molecule has 1 N–H and O–H groups in total. The van der Waals surface area contributed by atoms with E-state index < -0.39 is 0 Å². The third-order valence-electron chi connectivity index (χ3n) is 3.65. The lowest BCUT2D eigenvalue weighted by Crippen LogP contribution is -2.41. The molecular formula is C14H19N3O2. The molecule has 1 saturated heterocycles. The first-order chi connectivity index (χ1) is 9.07. The van der Waals surface area contributed by atoms with Gasteiger partial charge in [-0.1, -0.05) is 0 Å². The van der Waals surface area contributed by atoms with Gasteiger partial charge in [0.2, 0.25) is 0 Å². The molecule has 5 heteroatoms. The highest BCUT2D eigenvalue weighted by molar-refractivity contribution is 6.00. The molecule has 0 radical (unpaired) electrons. The summed E-state index contributed by atoms with van der Waals surface area (Å²) >= 11 is 0. The molecule has 0 atom stereocenters. The summed E-state index contributed by atoms with van der Waals surface area (Å²) in [5.74, 6) is 0.0536. The molecule has 3 rings (SSSR count). The van der Waals surface area contributed by atoms with Crippen molar-refractivity contribution >= 4 is 11.6 Å². The zero-order chi connectivity index (χ0) is 13.5. The van der Waals surface area contributed by atoms with Crippen LogP contribution >= 0.6 is 0 Å². The zero-order valence-corrected chi connectivity index (χ0v) is 11.4.